The van der Waals surface area contributed by atoms with Gasteiger partial charge in [-0.05, 0) is 31.2 Å². The molecule has 2 rings (SSSR count). The highest BCUT2D eigenvalue weighted by Crippen LogP contribution is 2.38. The van der Waals surface area contributed by atoms with Gasteiger partial charge in [-0.1, -0.05) is 0 Å². The predicted octanol–water partition coefficient (Wildman–Crippen LogP) is 1.91. The first-order valence-electron chi connectivity index (χ1n) is 5.80. The molecule has 1 aromatic rings. The van der Waals surface area contributed by atoms with Crippen LogP contribution in [0.1, 0.15) is 33.6 Å². The van der Waals surface area contributed by atoms with E-state index < -0.39 is 5.97 Å². The number of amides is 1. The summed E-state index contributed by atoms with van der Waals surface area (Å²) in [7, 11) is 1.43. The number of carbonyl (C=O) groups is 2. The van der Waals surface area contributed by atoms with Crippen LogP contribution in [0.15, 0.2) is 0 Å². The van der Waals surface area contributed by atoms with Gasteiger partial charge in [0.05, 0.1) is 5.56 Å². The number of aromatic carboxylic acids is 1. The number of methoxy groups -OCH3 is 1. The molecule has 1 aliphatic carbocycles. The Labute approximate surface area is 109 Å². The normalized spacial score (nSPS) is 14.1. The fourth-order valence-electron chi connectivity index (χ4n) is 2.17. The van der Waals surface area contributed by atoms with Crippen molar-refractivity contribution in [3.8, 4) is 0 Å². The molecule has 6 heteroatoms. The van der Waals surface area contributed by atoms with E-state index in [1.165, 1.54) is 18.4 Å². The van der Waals surface area contributed by atoms with Crippen molar-refractivity contribution in [2.45, 2.75) is 25.7 Å². The number of aryl methyl sites for hydroxylation is 1. The lowest BCUT2D eigenvalue weighted by molar-refractivity contribution is -0.119. The molecule has 2 N–H and O–H groups in total. The third-order valence-corrected chi connectivity index (χ3v) is 4.12. The highest BCUT2D eigenvalue weighted by molar-refractivity contribution is 7.17. The van der Waals surface area contributed by atoms with Gasteiger partial charge < -0.3 is 15.2 Å². The lowest BCUT2D eigenvalue weighted by atomic mass is 9.95. The number of fused-ring (bicyclic) bond motifs is 1. The molecule has 18 heavy (non-hydrogen) atoms. The van der Waals surface area contributed by atoms with Gasteiger partial charge in [0.25, 0.3) is 5.91 Å². The van der Waals surface area contributed by atoms with Gasteiger partial charge in [-0.15, -0.1) is 11.3 Å². The van der Waals surface area contributed by atoms with Crippen LogP contribution in [-0.4, -0.2) is 30.7 Å². The zero-order valence-corrected chi connectivity index (χ0v) is 10.9. The quantitative estimate of drug-likeness (QED) is 0.875. The lowest BCUT2D eigenvalue weighted by Gasteiger charge is -2.10. The van der Waals surface area contributed by atoms with Crippen LogP contribution >= 0.6 is 11.3 Å². The number of ether oxygens (including phenoxy) is 1. The van der Waals surface area contributed by atoms with E-state index >= 15 is 0 Å². The first kappa shape index (κ1) is 13.0. The summed E-state index contributed by atoms with van der Waals surface area (Å²) in [6.07, 6.45) is 3.78. The molecule has 1 aliphatic rings. The van der Waals surface area contributed by atoms with Crippen molar-refractivity contribution in [3.63, 3.8) is 0 Å². The fraction of sp³-hybridized carbons (Fsp3) is 0.500. The first-order chi connectivity index (χ1) is 8.63. The minimum atomic E-state index is -0.970. The molecule has 0 saturated carbocycles. The summed E-state index contributed by atoms with van der Waals surface area (Å²) >= 11 is 1.38. The highest BCUT2D eigenvalue weighted by atomic mass is 32.1. The Morgan fingerprint density at radius 1 is 1.39 bits per heavy atom. The maximum Gasteiger partial charge on any atom is 0.339 e. The van der Waals surface area contributed by atoms with E-state index in [4.69, 9.17) is 4.74 Å². The maximum absolute atomic E-state index is 11.5. The van der Waals surface area contributed by atoms with Crippen LogP contribution in [0.4, 0.5) is 5.00 Å². The zero-order valence-electron chi connectivity index (χ0n) is 10.1. The smallest absolute Gasteiger partial charge is 0.339 e. The Morgan fingerprint density at radius 2 is 2.11 bits per heavy atom. The number of hydrogen-bond acceptors (Lipinski definition) is 4. The van der Waals surface area contributed by atoms with Crippen LogP contribution in [0.25, 0.3) is 0 Å². The molecule has 0 aromatic carbocycles. The molecule has 0 saturated heterocycles. The molecule has 0 radical (unpaired) electrons. The number of anilines is 1. The monoisotopic (exact) mass is 269 g/mol. The van der Waals surface area contributed by atoms with Gasteiger partial charge in [0.1, 0.15) is 11.6 Å². The molecule has 1 amide bonds. The Bertz CT molecular complexity index is 481. The van der Waals surface area contributed by atoms with E-state index in [9.17, 15) is 14.7 Å². The van der Waals surface area contributed by atoms with Gasteiger partial charge in [-0.3, -0.25) is 4.79 Å². The summed E-state index contributed by atoms with van der Waals surface area (Å²) in [6, 6.07) is 0. The summed E-state index contributed by atoms with van der Waals surface area (Å²) in [4.78, 5) is 23.9. The number of nitrogens with one attached hydrogen (secondary N) is 1. The summed E-state index contributed by atoms with van der Waals surface area (Å²) in [5, 5.41) is 12.3. The van der Waals surface area contributed by atoms with Crippen molar-refractivity contribution in [2.24, 2.45) is 0 Å². The molecule has 0 fully saturated rings. The van der Waals surface area contributed by atoms with Crippen LogP contribution in [0.5, 0.6) is 0 Å². The van der Waals surface area contributed by atoms with E-state index in [-0.39, 0.29) is 18.1 Å². The average molecular weight is 269 g/mol. The number of carboxylic acid groups (broad SMARTS) is 1. The van der Waals surface area contributed by atoms with Crippen LogP contribution < -0.4 is 5.32 Å². The summed E-state index contributed by atoms with van der Waals surface area (Å²) in [5.41, 5.74) is 1.16. The van der Waals surface area contributed by atoms with Crippen molar-refractivity contribution in [3.05, 3.63) is 16.0 Å². The van der Waals surface area contributed by atoms with E-state index in [0.717, 1.165) is 36.1 Å². The van der Waals surface area contributed by atoms with Crippen molar-refractivity contribution in [1.29, 1.82) is 0 Å². The zero-order chi connectivity index (χ0) is 13.1. The summed E-state index contributed by atoms with van der Waals surface area (Å²) in [5.74, 6) is -1.29. The predicted molar refractivity (Wildman–Crippen MR) is 68.4 cm³/mol. The van der Waals surface area contributed by atoms with E-state index in [2.05, 4.69) is 5.32 Å². The molecule has 0 unspecified atom stereocenters. The third kappa shape index (κ3) is 2.54. The fourth-order valence-corrected chi connectivity index (χ4v) is 3.47. The van der Waals surface area contributed by atoms with Crippen molar-refractivity contribution in [2.75, 3.05) is 19.0 Å². The molecule has 0 spiro atoms. The van der Waals surface area contributed by atoms with Crippen molar-refractivity contribution in [1.82, 2.24) is 0 Å². The SMILES string of the molecule is COCC(=O)Nc1sc2c(c1C(=O)O)CCCC2. The second kappa shape index (κ2) is 5.49. The Morgan fingerprint density at radius 3 is 2.78 bits per heavy atom. The number of carboxylic acids is 1. The molecular formula is C12H15NO4S. The number of rotatable bonds is 4. The van der Waals surface area contributed by atoms with Crippen LogP contribution in [0.2, 0.25) is 0 Å². The van der Waals surface area contributed by atoms with Gasteiger partial charge in [0.2, 0.25) is 0 Å². The lowest BCUT2D eigenvalue weighted by Crippen LogP contribution is -2.18. The van der Waals surface area contributed by atoms with Crippen LogP contribution in [0.3, 0.4) is 0 Å². The molecule has 0 bridgehead atoms. The van der Waals surface area contributed by atoms with E-state index in [1.807, 2.05) is 0 Å². The highest BCUT2D eigenvalue weighted by Gasteiger charge is 2.25. The van der Waals surface area contributed by atoms with Gasteiger partial charge >= 0.3 is 5.97 Å². The number of carbonyl (C=O) groups excluding carboxylic acids is 1. The number of hydrogen-bond donors (Lipinski definition) is 2. The maximum atomic E-state index is 11.5. The average Bonchev–Trinajstić information content (AvgIpc) is 2.66. The molecular weight excluding hydrogens is 254 g/mol. The largest absolute Gasteiger partial charge is 0.478 e. The Hall–Kier alpha value is -1.40. The second-order valence-electron chi connectivity index (χ2n) is 4.20. The van der Waals surface area contributed by atoms with Crippen LogP contribution in [0, 0.1) is 0 Å². The molecule has 5 nitrogen and oxygen atoms in total. The molecule has 0 aliphatic heterocycles. The Kier molecular flexibility index (Phi) is 3.98. The van der Waals surface area contributed by atoms with Crippen molar-refractivity contribution >= 4 is 28.2 Å². The summed E-state index contributed by atoms with van der Waals surface area (Å²) < 4.78 is 4.72. The molecule has 1 aromatic heterocycles. The third-order valence-electron chi connectivity index (χ3n) is 2.91. The first-order valence-corrected chi connectivity index (χ1v) is 6.61. The van der Waals surface area contributed by atoms with Gasteiger partial charge in [-0.2, -0.15) is 0 Å². The number of thiophene rings is 1. The molecule has 0 atom stereocenters. The van der Waals surface area contributed by atoms with Crippen molar-refractivity contribution < 1.29 is 19.4 Å². The Balaban J connectivity index is 2.31. The van der Waals surface area contributed by atoms with E-state index in [0.29, 0.717) is 5.00 Å². The van der Waals surface area contributed by atoms with E-state index in [1.54, 1.807) is 0 Å². The minimum Gasteiger partial charge on any atom is -0.478 e. The van der Waals surface area contributed by atoms with Gasteiger partial charge in [0, 0.05) is 12.0 Å². The van der Waals surface area contributed by atoms with Gasteiger partial charge in [-0.25, -0.2) is 4.79 Å². The minimum absolute atomic E-state index is 0.0678. The molecule has 98 valence electrons. The van der Waals surface area contributed by atoms with Gasteiger partial charge in [0.15, 0.2) is 0 Å². The molecule has 1 heterocycles. The van der Waals surface area contributed by atoms with Crippen LogP contribution in [-0.2, 0) is 22.4 Å². The standard InChI is InChI=1S/C12H15NO4S/c1-17-6-9(14)13-11-10(12(15)16)7-4-2-3-5-8(7)18-11/h2-6H2,1H3,(H,13,14)(H,15,16). The second-order valence-corrected chi connectivity index (χ2v) is 5.31. The topological polar surface area (TPSA) is 75.6 Å². The summed E-state index contributed by atoms with van der Waals surface area (Å²) in [6.45, 7) is -0.0678.